The van der Waals surface area contributed by atoms with Gasteiger partial charge in [0.05, 0.1) is 10.0 Å². The van der Waals surface area contributed by atoms with Crippen LogP contribution in [-0.2, 0) is 11.2 Å². The maximum Gasteiger partial charge on any atom is 0.261 e. The van der Waals surface area contributed by atoms with Crippen LogP contribution in [0.3, 0.4) is 0 Å². The van der Waals surface area contributed by atoms with Crippen LogP contribution in [0.1, 0.15) is 36.4 Å². The van der Waals surface area contributed by atoms with Crippen LogP contribution >= 0.6 is 23.2 Å². The highest BCUT2D eigenvalue weighted by Crippen LogP contribution is 2.37. The number of amides is 1. The van der Waals surface area contributed by atoms with Crippen LogP contribution in [0.25, 0.3) is 11.3 Å². The summed E-state index contributed by atoms with van der Waals surface area (Å²) in [5.41, 5.74) is 2.57. The van der Waals surface area contributed by atoms with Gasteiger partial charge in [0.1, 0.15) is 17.5 Å². The molecule has 0 saturated carbocycles. The molecule has 162 valence electrons. The smallest absolute Gasteiger partial charge is 0.261 e. The average molecular weight is 460 g/mol. The summed E-state index contributed by atoms with van der Waals surface area (Å²) in [6.45, 7) is 5.97. The minimum Gasteiger partial charge on any atom is -0.372 e. The minimum absolute atomic E-state index is 0.198. The number of anilines is 2. The molecule has 0 saturated heterocycles. The van der Waals surface area contributed by atoms with E-state index in [1.54, 1.807) is 18.2 Å². The normalized spacial score (nSPS) is 10.7. The lowest BCUT2D eigenvalue weighted by molar-refractivity contribution is -0.107. The summed E-state index contributed by atoms with van der Waals surface area (Å²) in [6, 6.07) is 12.6. The van der Waals surface area contributed by atoms with Crippen LogP contribution in [0.15, 0.2) is 47.0 Å². The van der Waals surface area contributed by atoms with Gasteiger partial charge in [-0.15, -0.1) is 0 Å². The lowest BCUT2D eigenvalue weighted by Crippen LogP contribution is -2.21. The van der Waals surface area contributed by atoms with E-state index in [4.69, 9.17) is 27.7 Å². The van der Waals surface area contributed by atoms with E-state index in [1.165, 1.54) is 0 Å². The van der Waals surface area contributed by atoms with E-state index in [1.807, 2.05) is 24.3 Å². The number of nitrogens with one attached hydrogen (secondary N) is 1. The number of carbonyl (C=O) groups excluding carboxylic acids is 2. The van der Waals surface area contributed by atoms with Gasteiger partial charge in [0.2, 0.25) is 0 Å². The van der Waals surface area contributed by atoms with Crippen molar-refractivity contribution in [3.63, 3.8) is 0 Å². The van der Waals surface area contributed by atoms with Crippen molar-refractivity contribution < 1.29 is 14.1 Å². The zero-order chi connectivity index (χ0) is 22.4. The highest BCUT2D eigenvalue weighted by molar-refractivity contribution is 6.39. The van der Waals surface area contributed by atoms with Gasteiger partial charge in [-0.25, -0.2) is 0 Å². The van der Waals surface area contributed by atoms with Gasteiger partial charge in [-0.05, 0) is 50.2 Å². The van der Waals surface area contributed by atoms with Gasteiger partial charge in [0, 0.05) is 42.9 Å². The average Bonchev–Trinajstić information content (AvgIpc) is 3.17. The molecule has 6 nitrogen and oxygen atoms in total. The van der Waals surface area contributed by atoms with Gasteiger partial charge >= 0.3 is 0 Å². The molecule has 0 spiro atoms. The molecule has 1 aromatic heterocycles. The first-order valence-corrected chi connectivity index (χ1v) is 10.8. The van der Waals surface area contributed by atoms with Gasteiger partial charge < -0.3 is 19.5 Å². The predicted molar refractivity (Wildman–Crippen MR) is 124 cm³/mol. The van der Waals surface area contributed by atoms with Crippen molar-refractivity contribution >= 4 is 46.8 Å². The standard InChI is InChI=1S/C23H23Cl2N3O3/c1-3-28(4-2)16-12-10-15(11-13-16)26-23(30)21-19(9-6-14-29)31-27-22(21)20-17(24)7-5-8-18(20)25/h5,7-8,10-14H,3-4,6,9H2,1-2H3,(H,26,30). The molecular formula is C23H23Cl2N3O3. The Hall–Kier alpha value is -2.83. The number of halogens is 2. The van der Waals surface area contributed by atoms with Crippen molar-refractivity contribution in [3.05, 3.63) is 63.8 Å². The Balaban J connectivity index is 1.95. The molecule has 0 aliphatic rings. The molecule has 1 amide bonds. The Kier molecular flexibility index (Phi) is 7.71. The van der Waals surface area contributed by atoms with Gasteiger partial charge in [0.25, 0.3) is 5.91 Å². The van der Waals surface area contributed by atoms with E-state index in [0.717, 1.165) is 25.1 Å². The number of benzene rings is 2. The van der Waals surface area contributed by atoms with E-state index < -0.39 is 5.91 Å². The lowest BCUT2D eigenvalue weighted by Gasteiger charge is -2.21. The molecular weight excluding hydrogens is 437 g/mol. The summed E-state index contributed by atoms with van der Waals surface area (Å²) in [7, 11) is 0. The SMILES string of the molecule is CCN(CC)c1ccc(NC(=O)c2c(-c3c(Cl)cccc3Cl)noc2CCC=O)cc1. The van der Waals surface area contributed by atoms with Gasteiger partial charge in [-0.2, -0.15) is 0 Å². The Bertz CT molecular complexity index is 1040. The van der Waals surface area contributed by atoms with Crippen molar-refractivity contribution in [1.82, 2.24) is 5.16 Å². The minimum atomic E-state index is -0.413. The second-order valence-electron chi connectivity index (χ2n) is 6.80. The van der Waals surface area contributed by atoms with E-state index in [0.29, 0.717) is 27.1 Å². The quantitative estimate of drug-likeness (QED) is 0.404. The number of rotatable bonds is 9. The van der Waals surface area contributed by atoms with Crippen molar-refractivity contribution in [1.29, 1.82) is 0 Å². The van der Waals surface area contributed by atoms with E-state index in [-0.39, 0.29) is 24.1 Å². The molecule has 1 N–H and O–H groups in total. The number of carbonyl (C=O) groups is 2. The molecule has 8 heteroatoms. The van der Waals surface area contributed by atoms with E-state index in [9.17, 15) is 9.59 Å². The maximum atomic E-state index is 13.2. The predicted octanol–water partition coefficient (Wildman–Crippen LogP) is 5.88. The highest BCUT2D eigenvalue weighted by Gasteiger charge is 2.26. The number of hydrogen-bond acceptors (Lipinski definition) is 5. The van der Waals surface area contributed by atoms with E-state index >= 15 is 0 Å². The molecule has 0 unspecified atom stereocenters. The maximum absolute atomic E-state index is 13.2. The zero-order valence-corrected chi connectivity index (χ0v) is 18.8. The first-order chi connectivity index (χ1) is 15.0. The van der Waals surface area contributed by atoms with Crippen molar-refractivity contribution in [2.75, 3.05) is 23.3 Å². The number of aryl methyl sites for hydroxylation is 1. The third kappa shape index (κ3) is 5.09. The van der Waals surface area contributed by atoms with Gasteiger partial charge in [-0.3, -0.25) is 4.79 Å². The second kappa shape index (κ2) is 10.5. The molecule has 31 heavy (non-hydrogen) atoms. The van der Waals surface area contributed by atoms with E-state index in [2.05, 4.69) is 29.2 Å². The summed E-state index contributed by atoms with van der Waals surface area (Å²) in [6.07, 6.45) is 1.20. The van der Waals surface area contributed by atoms with Crippen LogP contribution in [0, 0.1) is 0 Å². The molecule has 0 bridgehead atoms. The van der Waals surface area contributed by atoms with Crippen LogP contribution in [0.5, 0.6) is 0 Å². The fourth-order valence-electron chi connectivity index (χ4n) is 3.35. The summed E-state index contributed by atoms with van der Waals surface area (Å²) >= 11 is 12.7. The van der Waals surface area contributed by atoms with Gasteiger partial charge in [0.15, 0.2) is 5.76 Å². The topological polar surface area (TPSA) is 75.4 Å². The van der Waals surface area contributed by atoms with Crippen LogP contribution in [-0.4, -0.2) is 30.4 Å². The number of aromatic nitrogens is 1. The Morgan fingerprint density at radius 1 is 1.10 bits per heavy atom. The number of aldehydes is 1. The summed E-state index contributed by atoms with van der Waals surface area (Å²) < 4.78 is 5.41. The Morgan fingerprint density at radius 2 is 1.74 bits per heavy atom. The van der Waals surface area contributed by atoms with Gasteiger partial charge in [-0.1, -0.05) is 34.4 Å². The second-order valence-corrected chi connectivity index (χ2v) is 7.62. The van der Waals surface area contributed by atoms with Crippen molar-refractivity contribution in [2.45, 2.75) is 26.7 Å². The molecule has 2 aromatic carbocycles. The summed E-state index contributed by atoms with van der Waals surface area (Å²) in [4.78, 5) is 26.3. The molecule has 0 radical (unpaired) electrons. The molecule has 0 atom stereocenters. The molecule has 0 fully saturated rings. The van der Waals surface area contributed by atoms with Crippen LogP contribution < -0.4 is 10.2 Å². The lowest BCUT2D eigenvalue weighted by atomic mass is 10.0. The summed E-state index contributed by atoms with van der Waals surface area (Å²) in [5.74, 6) is -0.112. The van der Waals surface area contributed by atoms with Crippen LogP contribution in [0.4, 0.5) is 11.4 Å². The first kappa shape index (κ1) is 22.8. The third-order valence-corrected chi connectivity index (χ3v) is 5.56. The van der Waals surface area contributed by atoms with Crippen LogP contribution in [0.2, 0.25) is 10.0 Å². The molecule has 0 aliphatic carbocycles. The fraction of sp³-hybridized carbons (Fsp3) is 0.261. The first-order valence-electron chi connectivity index (χ1n) is 10.0. The molecule has 0 aliphatic heterocycles. The third-order valence-electron chi connectivity index (χ3n) is 4.93. The largest absolute Gasteiger partial charge is 0.372 e. The van der Waals surface area contributed by atoms with Crippen molar-refractivity contribution in [2.24, 2.45) is 0 Å². The Labute approximate surface area is 191 Å². The summed E-state index contributed by atoms with van der Waals surface area (Å²) in [5, 5.41) is 7.63. The monoisotopic (exact) mass is 459 g/mol. The zero-order valence-electron chi connectivity index (χ0n) is 17.3. The fourth-order valence-corrected chi connectivity index (χ4v) is 3.93. The number of nitrogens with zero attached hydrogens (tertiary/aromatic N) is 2. The highest BCUT2D eigenvalue weighted by atomic mass is 35.5. The van der Waals surface area contributed by atoms with Crippen molar-refractivity contribution in [3.8, 4) is 11.3 Å². The Morgan fingerprint density at radius 3 is 2.32 bits per heavy atom. The molecule has 3 rings (SSSR count). The number of hydrogen-bond donors (Lipinski definition) is 1. The molecule has 3 aromatic rings. The molecule has 1 heterocycles.